The van der Waals surface area contributed by atoms with Crippen molar-refractivity contribution in [2.24, 2.45) is 0 Å². The number of carbonyl (C=O) groups is 1. The van der Waals surface area contributed by atoms with Gasteiger partial charge in [-0.1, -0.05) is 0 Å². The number of thiophene rings is 1. The van der Waals surface area contributed by atoms with Crippen LogP contribution in [0.5, 0.6) is 11.5 Å². The first-order valence-corrected chi connectivity index (χ1v) is 6.83. The van der Waals surface area contributed by atoms with Crippen molar-refractivity contribution in [1.82, 2.24) is 0 Å². The van der Waals surface area contributed by atoms with Gasteiger partial charge in [0.2, 0.25) is 5.78 Å². The lowest BCUT2D eigenvalue weighted by Crippen LogP contribution is -1.99. The summed E-state index contributed by atoms with van der Waals surface area (Å²) >= 11 is 4.74. The van der Waals surface area contributed by atoms with Crippen LogP contribution in [0.2, 0.25) is 0 Å². The zero-order valence-electron chi connectivity index (χ0n) is 9.90. The third-order valence-electron chi connectivity index (χ3n) is 2.45. The molecule has 94 valence electrons. The highest BCUT2D eigenvalue weighted by molar-refractivity contribution is 9.10. The van der Waals surface area contributed by atoms with Gasteiger partial charge in [-0.2, -0.15) is 0 Å². The predicted octanol–water partition coefficient (Wildman–Crippen LogP) is 3.76. The maximum absolute atomic E-state index is 12.2. The van der Waals surface area contributed by atoms with Crippen molar-refractivity contribution in [1.29, 1.82) is 0 Å². The summed E-state index contributed by atoms with van der Waals surface area (Å²) in [6.07, 6.45) is 0. The molecular weight excluding hydrogens is 316 g/mol. The van der Waals surface area contributed by atoms with Gasteiger partial charge in [0.25, 0.3) is 0 Å². The lowest BCUT2D eigenvalue weighted by atomic mass is 10.1. The second-order valence-corrected chi connectivity index (χ2v) is 5.29. The molecule has 5 heteroatoms. The fourth-order valence-electron chi connectivity index (χ4n) is 1.49. The molecular formula is C13H11BrO3S. The molecule has 0 saturated carbocycles. The van der Waals surface area contributed by atoms with Gasteiger partial charge >= 0.3 is 0 Å². The minimum absolute atomic E-state index is 0.0216. The van der Waals surface area contributed by atoms with Crippen molar-refractivity contribution >= 4 is 33.0 Å². The lowest BCUT2D eigenvalue weighted by molar-refractivity contribution is 0.104. The number of hydrogen-bond donors (Lipinski definition) is 0. The maximum Gasteiger partial charge on any atom is 0.203 e. The summed E-state index contributed by atoms with van der Waals surface area (Å²) in [5.41, 5.74) is 0.618. The first-order chi connectivity index (χ1) is 8.65. The highest BCUT2D eigenvalue weighted by Crippen LogP contribution is 2.28. The Labute approximate surface area is 117 Å². The van der Waals surface area contributed by atoms with Crippen molar-refractivity contribution in [2.75, 3.05) is 14.2 Å². The Kier molecular flexibility index (Phi) is 4.04. The molecule has 0 spiro atoms. The Morgan fingerprint density at radius 2 is 2.00 bits per heavy atom. The monoisotopic (exact) mass is 326 g/mol. The van der Waals surface area contributed by atoms with Gasteiger partial charge in [-0.05, 0) is 34.1 Å². The minimum Gasteiger partial charge on any atom is -0.496 e. The van der Waals surface area contributed by atoms with E-state index < -0.39 is 0 Å². The highest BCUT2D eigenvalue weighted by atomic mass is 79.9. The normalized spacial score (nSPS) is 10.2. The number of rotatable bonds is 4. The Bertz CT molecular complexity index is 577. The smallest absolute Gasteiger partial charge is 0.203 e. The summed E-state index contributed by atoms with van der Waals surface area (Å²) in [6.45, 7) is 0. The fraction of sp³-hybridized carbons (Fsp3) is 0.154. The first kappa shape index (κ1) is 13.1. The van der Waals surface area contributed by atoms with Gasteiger partial charge in [-0.15, -0.1) is 11.3 Å². The predicted molar refractivity (Wildman–Crippen MR) is 75.0 cm³/mol. The molecule has 0 fully saturated rings. The Morgan fingerprint density at radius 3 is 2.56 bits per heavy atom. The summed E-state index contributed by atoms with van der Waals surface area (Å²) in [7, 11) is 3.17. The van der Waals surface area contributed by atoms with E-state index in [1.807, 2.05) is 5.38 Å². The van der Waals surface area contributed by atoms with E-state index in [2.05, 4.69) is 15.9 Å². The maximum atomic E-state index is 12.2. The molecule has 1 heterocycles. The fourth-order valence-corrected chi connectivity index (χ4v) is 2.85. The quantitative estimate of drug-likeness (QED) is 0.802. The molecule has 0 radical (unpaired) electrons. The molecule has 0 atom stereocenters. The van der Waals surface area contributed by atoms with Gasteiger partial charge in [-0.3, -0.25) is 4.79 Å². The molecule has 2 rings (SSSR count). The van der Waals surface area contributed by atoms with Crippen molar-refractivity contribution in [3.05, 3.63) is 44.6 Å². The van der Waals surface area contributed by atoms with Crippen LogP contribution in [0.3, 0.4) is 0 Å². The van der Waals surface area contributed by atoms with Gasteiger partial charge in [0.15, 0.2) is 0 Å². The molecule has 0 saturated heterocycles. The minimum atomic E-state index is -0.0216. The number of halogens is 1. The van der Waals surface area contributed by atoms with E-state index in [0.29, 0.717) is 21.9 Å². The van der Waals surface area contributed by atoms with E-state index >= 15 is 0 Å². The van der Waals surface area contributed by atoms with Crippen LogP contribution in [0.15, 0.2) is 34.1 Å². The number of benzene rings is 1. The summed E-state index contributed by atoms with van der Waals surface area (Å²) in [5, 5.41) is 1.81. The third kappa shape index (κ3) is 2.57. The molecule has 0 aliphatic rings. The van der Waals surface area contributed by atoms with Crippen LogP contribution in [0.4, 0.5) is 0 Å². The number of hydrogen-bond acceptors (Lipinski definition) is 4. The molecule has 0 bridgehead atoms. The van der Waals surface area contributed by atoms with Gasteiger partial charge < -0.3 is 9.47 Å². The molecule has 0 unspecified atom stereocenters. The van der Waals surface area contributed by atoms with E-state index in [-0.39, 0.29) is 5.78 Å². The Balaban J connectivity index is 2.31. The number of ketones is 1. The van der Waals surface area contributed by atoms with Crippen molar-refractivity contribution < 1.29 is 14.3 Å². The second-order valence-electron chi connectivity index (χ2n) is 3.53. The molecule has 0 N–H and O–H groups in total. The van der Waals surface area contributed by atoms with Gasteiger partial charge in [0.1, 0.15) is 11.5 Å². The van der Waals surface area contributed by atoms with Gasteiger partial charge in [-0.25, -0.2) is 0 Å². The standard InChI is InChI=1S/C13H11BrO3S/c1-16-9-6-12(18-7-9)13(15)8-3-4-11(17-2)10(14)5-8/h3-7H,1-2H3. The molecule has 0 aliphatic heterocycles. The lowest BCUT2D eigenvalue weighted by Gasteiger charge is -2.04. The SMILES string of the molecule is COc1csc(C(=O)c2ccc(OC)c(Br)c2)c1. The Morgan fingerprint density at radius 1 is 1.22 bits per heavy atom. The van der Waals surface area contributed by atoms with Crippen LogP contribution >= 0.6 is 27.3 Å². The molecule has 1 aromatic carbocycles. The van der Waals surface area contributed by atoms with Gasteiger partial charge in [0.05, 0.1) is 23.6 Å². The molecule has 0 amide bonds. The van der Waals surface area contributed by atoms with Crippen LogP contribution < -0.4 is 9.47 Å². The molecule has 3 nitrogen and oxygen atoms in total. The molecule has 1 aromatic heterocycles. The Hall–Kier alpha value is -1.33. The van der Waals surface area contributed by atoms with Crippen LogP contribution in [0.1, 0.15) is 15.2 Å². The topological polar surface area (TPSA) is 35.5 Å². The first-order valence-electron chi connectivity index (χ1n) is 5.16. The van der Waals surface area contributed by atoms with E-state index in [0.717, 1.165) is 4.47 Å². The number of carbonyl (C=O) groups excluding carboxylic acids is 1. The van der Waals surface area contributed by atoms with Crippen LogP contribution in [-0.4, -0.2) is 20.0 Å². The van der Waals surface area contributed by atoms with E-state index in [9.17, 15) is 4.79 Å². The summed E-state index contributed by atoms with van der Waals surface area (Å²) in [6, 6.07) is 7.01. The van der Waals surface area contributed by atoms with Gasteiger partial charge in [0, 0.05) is 17.0 Å². The summed E-state index contributed by atoms with van der Waals surface area (Å²) in [5.74, 6) is 1.39. The van der Waals surface area contributed by atoms with Crippen LogP contribution in [-0.2, 0) is 0 Å². The van der Waals surface area contributed by atoms with Crippen LogP contribution in [0.25, 0.3) is 0 Å². The van der Waals surface area contributed by atoms with Crippen molar-refractivity contribution in [2.45, 2.75) is 0 Å². The molecule has 0 aliphatic carbocycles. The van der Waals surface area contributed by atoms with Crippen LogP contribution in [0, 0.1) is 0 Å². The summed E-state index contributed by atoms with van der Waals surface area (Å²) < 4.78 is 11.0. The highest BCUT2D eigenvalue weighted by Gasteiger charge is 2.13. The van der Waals surface area contributed by atoms with E-state index in [1.54, 1.807) is 38.5 Å². The zero-order valence-corrected chi connectivity index (χ0v) is 12.3. The van der Waals surface area contributed by atoms with Crippen molar-refractivity contribution in [3.8, 4) is 11.5 Å². The largest absolute Gasteiger partial charge is 0.496 e. The number of methoxy groups -OCH3 is 2. The van der Waals surface area contributed by atoms with E-state index in [1.165, 1.54) is 11.3 Å². The number of ether oxygens (including phenoxy) is 2. The molecule has 2 aromatic rings. The second kappa shape index (κ2) is 5.54. The van der Waals surface area contributed by atoms with Crippen molar-refractivity contribution in [3.63, 3.8) is 0 Å². The molecule has 18 heavy (non-hydrogen) atoms. The van der Waals surface area contributed by atoms with E-state index in [4.69, 9.17) is 9.47 Å². The third-order valence-corrected chi connectivity index (χ3v) is 3.98. The average molecular weight is 327 g/mol. The summed E-state index contributed by atoms with van der Waals surface area (Å²) in [4.78, 5) is 12.9. The average Bonchev–Trinajstić information content (AvgIpc) is 2.86. The zero-order chi connectivity index (χ0) is 13.1.